The minimum Gasteiger partial charge on any atom is -0.756 e. The number of unbranched alkanes of at least 4 members (excludes halogenated alkanes) is 19. The zero-order chi connectivity index (χ0) is 42.7. The van der Waals surface area contributed by atoms with Crippen molar-refractivity contribution in [3.05, 3.63) is 60.8 Å². The molecule has 0 saturated carbocycles. The third-order valence-electron chi connectivity index (χ3n) is 9.80. The summed E-state index contributed by atoms with van der Waals surface area (Å²) in [6, 6.07) is 0. The highest BCUT2D eigenvalue weighted by molar-refractivity contribution is 7.45. The van der Waals surface area contributed by atoms with Crippen molar-refractivity contribution in [1.29, 1.82) is 0 Å². The molecule has 338 valence electrons. The van der Waals surface area contributed by atoms with E-state index in [-0.39, 0.29) is 25.8 Å². The Labute approximate surface area is 358 Å². The van der Waals surface area contributed by atoms with E-state index < -0.39 is 13.9 Å². The Kier molecular flexibility index (Phi) is 40.6. The van der Waals surface area contributed by atoms with Crippen LogP contribution in [0.1, 0.15) is 187 Å². The molecule has 2 unspecified atom stereocenters. The molecule has 0 N–H and O–H groups in total. The van der Waals surface area contributed by atoms with Gasteiger partial charge in [-0.1, -0.05) is 164 Å². The number of ether oxygens (including phenoxy) is 2. The first-order valence-corrected chi connectivity index (χ1v) is 25.0. The fraction of sp³-hybridized carbons (Fsp3) is 0.776. The molecule has 0 heterocycles. The van der Waals surface area contributed by atoms with Crippen molar-refractivity contribution in [1.82, 2.24) is 0 Å². The predicted octanol–water partition coefficient (Wildman–Crippen LogP) is 13.5. The molecule has 0 spiro atoms. The van der Waals surface area contributed by atoms with Gasteiger partial charge in [-0.15, -0.1) is 0 Å². The molecule has 0 bridgehead atoms. The zero-order valence-corrected chi connectivity index (χ0v) is 39.1. The SMILES string of the molecule is CC/C=C\C/C=C\C/C=C\CCCCCCCCCCOCC(COP(=O)([O-])OCC[N+](C)(C)C)OC(=O)CCCCCCCCC/C=C\C/C=C\CCCCCC. The lowest BCUT2D eigenvalue weighted by molar-refractivity contribution is -0.870. The van der Waals surface area contributed by atoms with Gasteiger partial charge in [-0.2, -0.15) is 0 Å². The topological polar surface area (TPSA) is 94.1 Å². The number of nitrogens with zero attached hydrogens (tertiary/aromatic N) is 1. The van der Waals surface area contributed by atoms with Crippen LogP contribution in [0.3, 0.4) is 0 Å². The van der Waals surface area contributed by atoms with Crippen LogP contribution in [0.4, 0.5) is 0 Å². The summed E-state index contributed by atoms with van der Waals surface area (Å²) in [6.45, 7) is 5.26. The average molecular weight is 836 g/mol. The van der Waals surface area contributed by atoms with Crippen LogP contribution in [0, 0.1) is 0 Å². The standard InChI is InChI=1S/C49H90NO7P/c1-6-8-10-12-14-16-18-20-22-24-26-28-30-32-34-36-38-40-42-49(51)57-48(47-56-58(52,53)55-45-43-50(3,4)5)46-54-44-41-39-37-35-33-31-29-27-25-23-21-19-17-15-13-11-9-7-2/h9,11,15-18,21-24,48H,6-8,10,12-14,19-20,25-47H2,1-5H3/b11-9-,17-15-,18-16-,23-21-,24-22-. The molecule has 9 heteroatoms. The molecular weight excluding hydrogens is 746 g/mol. The number of esters is 1. The number of phosphoric ester groups is 1. The third kappa shape index (κ3) is 45.3. The Bertz CT molecular complexity index is 1110. The van der Waals surface area contributed by atoms with Gasteiger partial charge in [0.05, 0.1) is 34.4 Å². The average Bonchev–Trinajstić information content (AvgIpc) is 3.18. The van der Waals surface area contributed by atoms with Gasteiger partial charge in [-0.25, -0.2) is 0 Å². The van der Waals surface area contributed by atoms with Gasteiger partial charge in [0.15, 0.2) is 0 Å². The van der Waals surface area contributed by atoms with Gasteiger partial charge in [-0.3, -0.25) is 9.36 Å². The van der Waals surface area contributed by atoms with Crippen LogP contribution >= 0.6 is 7.82 Å². The number of quaternary nitrogens is 1. The highest BCUT2D eigenvalue weighted by Gasteiger charge is 2.20. The molecular formula is C49H90NO7P. The molecule has 0 saturated heterocycles. The van der Waals surface area contributed by atoms with Crippen molar-refractivity contribution >= 4 is 13.8 Å². The normalized spacial score (nSPS) is 14.2. The van der Waals surface area contributed by atoms with E-state index in [1.165, 1.54) is 96.3 Å². The number of carbonyl (C=O) groups is 1. The Balaban J connectivity index is 4.23. The maximum Gasteiger partial charge on any atom is 0.306 e. The second-order valence-electron chi connectivity index (χ2n) is 16.7. The van der Waals surface area contributed by atoms with Crippen LogP contribution in [0.2, 0.25) is 0 Å². The Morgan fingerprint density at radius 2 is 1.00 bits per heavy atom. The number of carbonyl (C=O) groups excluding carboxylic acids is 1. The van der Waals surface area contributed by atoms with E-state index in [1.54, 1.807) is 0 Å². The monoisotopic (exact) mass is 836 g/mol. The summed E-state index contributed by atoms with van der Waals surface area (Å²) in [7, 11) is 1.34. The summed E-state index contributed by atoms with van der Waals surface area (Å²) in [5.41, 5.74) is 0. The molecule has 0 aromatic heterocycles. The lowest BCUT2D eigenvalue weighted by Gasteiger charge is -2.28. The lowest BCUT2D eigenvalue weighted by atomic mass is 10.1. The molecule has 0 fully saturated rings. The fourth-order valence-corrected chi connectivity index (χ4v) is 6.91. The molecule has 0 amide bonds. The Morgan fingerprint density at radius 3 is 1.50 bits per heavy atom. The molecule has 8 nitrogen and oxygen atoms in total. The number of phosphoric acid groups is 1. The molecule has 0 aliphatic heterocycles. The molecule has 0 aliphatic rings. The van der Waals surface area contributed by atoms with Crippen molar-refractivity contribution in [2.24, 2.45) is 0 Å². The summed E-state index contributed by atoms with van der Waals surface area (Å²) in [6.07, 6.45) is 52.3. The minimum absolute atomic E-state index is 0.0204. The summed E-state index contributed by atoms with van der Waals surface area (Å²) in [4.78, 5) is 25.1. The van der Waals surface area contributed by atoms with Crippen LogP contribution in [-0.2, 0) is 27.9 Å². The van der Waals surface area contributed by atoms with E-state index >= 15 is 0 Å². The number of likely N-dealkylation sites (N-methyl/N-ethyl adjacent to an activating group) is 1. The summed E-state index contributed by atoms with van der Waals surface area (Å²) in [5.74, 6) is -0.346. The summed E-state index contributed by atoms with van der Waals surface area (Å²) in [5, 5.41) is 0. The van der Waals surface area contributed by atoms with Crippen molar-refractivity contribution < 1.29 is 37.3 Å². The Morgan fingerprint density at radius 1 is 0.552 bits per heavy atom. The summed E-state index contributed by atoms with van der Waals surface area (Å²) >= 11 is 0. The second-order valence-corrected chi connectivity index (χ2v) is 18.1. The quantitative estimate of drug-likeness (QED) is 0.0198. The van der Waals surface area contributed by atoms with Crippen LogP contribution in [0.5, 0.6) is 0 Å². The number of hydrogen-bond acceptors (Lipinski definition) is 7. The van der Waals surface area contributed by atoms with Gasteiger partial charge in [0.1, 0.15) is 19.3 Å². The molecule has 0 rings (SSSR count). The molecule has 58 heavy (non-hydrogen) atoms. The van der Waals surface area contributed by atoms with Gasteiger partial charge in [0.2, 0.25) is 0 Å². The van der Waals surface area contributed by atoms with E-state index in [4.69, 9.17) is 18.5 Å². The first-order chi connectivity index (χ1) is 28.1. The maximum atomic E-state index is 12.7. The van der Waals surface area contributed by atoms with Gasteiger partial charge >= 0.3 is 5.97 Å². The molecule has 0 aliphatic carbocycles. The van der Waals surface area contributed by atoms with E-state index in [2.05, 4.69) is 74.6 Å². The fourth-order valence-electron chi connectivity index (χ4n) is 6.18. The van der Waals surface area contributed by atoms with E-state index in [0.717, 1.165) is 70.6 Å². The lowest BCUT2D eigenvalue weighted by Crippen LogP contribution is -2.37. The smallest absolute Gasteiger partial charge is 0.306 e. The van der Waals surface area contributed by atoms with Crippen LogP contribution in [0.25, 0.3) is 0 Å². The van der Waals surface area contributed by atoms with Crippen LogP contribution in [0.15, 0.2) is 60.8 Å². The van der Waals surface area contributed by atoms with Gasteiger partial charge in [0, 0.05) is 13.0 Å². The highest BCUT2D eigenvalue weighted by atomic mass is 31.2. The van der Waals surface area contributed by atoms with E-state index in [1.807, 2.05) is 21.1 Å². The first-order valence-electron chi connectivity index (χ1n) is 23.5. The first kappa shape index (κ1) is 56.2. The van der Waals surface area contributed by atoms with Gasteiger partial charge in [-0.05, 0) is 77.0 Å². The van der Waals surface area contributed by atoms with Crippen molar-refractivity contribution in [2.75, 3.05) is 54.1 Å². The van der Waals surface area contributed by atoms with Crippen LogP contribution < -0.4 is 4.89 Å². The van der Waals surface area contributed by atoms with Crippen LogP contribution in [-0.4, -0.2) is 70.7 Å². The Hall–Kier alpha value is -1.80. The van der Waals surface area contributed by atoms with E-state index in [9.17, 15) is 14.3 Å². The highest BCUT2D eigenvalue weighted by Crippen LogP contribution is 2.38. The minimum atomic E-state index is -4.53. The maximum absolute atomic E-state index is 12.7. The van der Waals surface area contributed by atoms with Crippen molar-refractivity contribution in [2.45, 2.75) is 193 Å². The number of hydrogen-bond donors (Lipinski definition) is 0. The molecule has 0 aromatic rings. The zero-order valence-electron chi connectivity index (χ0n) is 38.2. The predicted molar refractivity (Wildman–Crippen MR) is 245 cm³/mol. The van der Waals surface area contributed by atoms with Crippen molar-refractivity contribution in [3.63, 3.8) is 0 Å². The van der Waals surface area contributed by atoms with Gasteiger partial charge < -0.3 is 27.9 Å². The number of allylic oxidation sites excluding steroid dienone is 10. The summed E-state index contributed by atoms with van der Waals surface area (Å²) < 4.78 is 34.7. The second kappa shape index (κ2) is 41.9. The molecule has 0 radical (unpaired) electrons. The van der Waals surface area contributed by atoms with Gasteiger partial charge in [0.25, 0.3) is 7.82 Å². The largest absolute Gasteiger partial charge is 0.756 e. The molecule has 0 aromatic carbocycles. The number of rotatable bonds is 43. The van der Waals surface area contributed by atoms with E-state index in [0.29, 0.717) is 24.1 Å². The molecule has 2 atom stereocenters. The third-order valence-corrected chi connectivity index (χ3v) is 10.8. The van der Waals surface area contributed by atoms with Crippen molar-refractivity contribution in [3.8, 4) is 0 Å².